The molecule has 2 N–H and O–H groups in total. The van der Waals surface area contributed by atoms with Crippen LogP contribution in [0.2, 0.25) is 0 Å². The highest BCUT2D eigenvalue weighted by atomic mass is 16.5. The zero-order valence-electron chi connectivity index (χ0n) is 15.1. The van der Waals surface area contributed by atoms with Crippen LogP contribution in [-0.4, -0.2) is 89.9 Å². The molecule has 0 amide bonds. The van der Waals surface area contributed by atoms with Gasteiger partial charge in [0.2, 0.25) is 0 Å². The number of ether oxygens (including phenoxy) is 1. The van der Waals surface area contributed by atoms with Crippen LogP contribution in [-0.2, 0) is 4.74 Å². The van der Waals surface area contributed by atoms with Gasteiger partial charge in [-0.05, 0) is 46.3 Å². The Morgan fingerprint density at radius 3 is 2.50 bits per heavy atom. The van der Waals surface area contributed by atoms with Gasteiger partial charge in [-0.3, -0.25) is 4.99 Å². The summed E-state index contributed by atoms with van der Waals surface area (Å²) in [7, 11) is 10.0. The smallest absolute Gasteiger partial charge is 0.191 e. The van der Waals surface area contributed by atoms with E-state index in [4.69, 9.17) is 4.74 Å². The van der Waals surface area contributed by atoms with E-state index in [-0.39, 0.29) is 0 Å². The molecule has 0 radical (unpaired) electrons. The summed E-state index contributed by atoms with van der Waals surface area (Å²) in [6.07, 6.45) is 3.80. The second-order valence-electron chi connectivity index (χ2n) is 6.40. The Labute approximate surface area is 136 Å². The summed E-state index contributed by atoms with van der Waals surface area (Å²) in [5.41, 5.74) is 0. The number of aliphatic imine (C=N–C) groups is 1. The van der Waals surface area contributed by atoms with E-state index in [9.17, 15) is 0 Å². The van der Waals surface area contributed by atoms with E-state index >= 15 is 0 Å². The van der Waals surface area contributed by atoms with Crippen molar-refractivity contribution < 1.29 is 4.74 Å². The first-order chi connectivity index (χ1) is 10.6. The van der Waals surface area contributed by atoms with Crippen molar-refractivity contribution in [3.63, 3.8) is 0 Å². The molecule has 6 heteroatoms. The lowest BCUT2D eigenvalue weighted by atomic mass is 10.1. The number of nitrogens with one attached hydrogen (secondary N) is 2. The Balaban J connectivity index is 2.16. The fourth-order valence-electron chi connectivity index (χ4n) is 2.63. The van der Waals surface area contributed by atoms with Crippen LogP contribution in [0, 0.1) is 5.92 Å². The van der Waals surface area contributed by atoms with Crippen molar-refractivity contribution in [2.24, 2.45) is 10.9 Å². The van der Waals surface area contributed by atoms with Crippen molar-refractivity contribution >= 4 is 5.96 Å². The van der Waals surface area contributed by atoms with Gasteiger partial charge in [0.1, 0.15) is 0 Å². The molecule has 6 nitrogen and oxygen atoms in total. The maximum Gasteiger partial charge on any atom is 0.191 e. The maximum absolute atomic E-state index is 5.07. The predicted molar refractivity (Wildman–Crippen MR) is 93.6 cm³/mol. The Bertz CT molecular complexity index is 316. The molecule has 0 saturated heterocycles. The quantitative estimate of drug-likeness (QED) is 0.330. The minimum Gasteiger partial charge on any atom is -0.385 e. The van der Waals surface area contributed by atoms with Crippen molar-refractivity contribution in [2.75, 3.05) is 68.1 Å². The highest BCUT2D eigenvalue weighted by molar-refractivity contribution is 5.79. The molecular formula is C16H35N5O. The van der Waals surface area contributed by atoms with E-state index in [1.165, 1.54) is 12.8 Å². The average Bonchev–Trinajstić information content (AvgIpc) is 3.30. The summed E-state index contributed by atoms with van der Waals surface area (Å²) in [6, 6.07) is 0.607. The van der Waals surface area contributed by atoms with Crippen LogP contribution in [0.4, 0.5) is 0 Å². The number of nitrogens with zero attached hydrogens (tertiary/aromatic N) is 3. The molecule has 1 rings (SSSR count). The first-order valence-electron chi connectivity index (χ1n) is 8.37. The monoisotopic (exact) mass is 313 g/mol. The van der Waals surface area contributed by atoms with Gasteiger partial charge in [-0.1, -0.05) is 0 Å². The number of guanidine groups is 1. The fraction of sp³-hybridized carbons (Fsp3) is 0.938. The summed E-state index contributed by atoms with van der Waals surface area (Å²) < 4.78 is 5.07. The van der Waals surface area contributed by atoms with Gasteiger partial charge < -0.3 is 25.2 Å². The third-order valence-corrected chi connectivity index (χ3v) is 4.21. The van der Waals surface area contributed by atoms with E-state index in [1.54, 1.807) is 7.11 Å². The molecule has 22 heavy (non-hydrogen) atoms. The number of hydrogen-bond acceptors (Lipinski definition) is 4. The number of rotatable bonds is 11. The number of methoxy groups -OCH3 is 1. The molecule has 1 aliphatic carbocycles. The second-order valence-corrected chi connectivity index (χ2v) is 6.40. The van der Waals surface area contributed by atoms with Gasteiger partial charge in [-0.25, -0.2) is 0 Å². The van der Waals surface area contributed by atoms with Crippen LogP contribution in [0.25, 0.3) is 0 Å². The van der Waals surface area contributed by atoms with Gasteiger partial charge in [-0.15, -0.1) is 0 Å². The van der Waals surface area contributed by atoms with Crippen LogP contribution < -0.4 is 10.6 Å². The molecule has 0 spiro atoms. The first-order valence-corrected chi connectivity index (χ1v) is 8.37. The van der Waals surface area contributed by atoms with Crippen LogP contribution in [0.3, 0.4) is 0 Å². The summed E-state index contributed by atoms with van der Waals surface area (Å²) >= 11 is 0. The minimum absolute atomic E-state index is 0.607. The number of hydrogen-bond donors (Lipinski definition) is 2. The lowest BCUT2D eigenvalue weighted by Crippen LogP contribution is -2.47. The van der Waals surface area contributed by atoms with Gasteiger partial charge >= 0.3 is 0 Å². The lowest BCUT2D eigenvalue weighted by molar-refractivity contribution is 0.180. The normalized spacial score (nSPS) is 17.1. The van der Waals surface area contributed by atoms with Crippen LogP contribution in [0.1, 0.15) is 19.3 Å². The molecule has 130 valence electrons. The summed E-state index contributed by atoms with van der Waals surface area (Å²) in [4.78, 5) is 8.94. The van der Waals surface area contributed by atoms with Crippen LogP contribution in [0.15, 0.2) is 4.99 Å². The van der Waals surface area contributed by atoms with Gasteiger partial charge in [-0.2, -0.15) is 0 Å². The van der Waals surface area contributed by atoms with Crippen molar-refractivity contribution in [3.8, 4) is 0 Å². The molecular weight excluding hydrogens is 278 g/mol. The third-order valence-electron chi connectivity index (χ3n) is 4.21. The van der Waals surface area contributed by atoms with Crippen LogP contribution in [0.5, 0.6) is 0 Å². The van der Waals surface area contributed by atoms with Crippen molar-refractivity contribution in [2.45, 2.75) is 25.3 Å². The minimum atomic E-state index is 0.607. The first kappa shape index (κ1) is 19.2. The summed E-state index contributed by atoms with van der Waals surface area (Å²) in [5.74, 6) is 1.75. The number of likely N-dealkylation sites (N-methyl/N-ethyl adjacent to an activating group) is 2. The molecule has 0 aliphatic heterocycles. The van der Waals surface area contributed by atoms with Gasteiger partial charge in [0.25, 0.3) is 0 Å². The SMILES string of the molecule is CN=C(NCCN(C)CCCOC)NCC(C1CC1)N(C)C. The van der Waals surface area contributed by atoms with E-state index in [0.717, 1.165) is 51.1 Å². The molecule has 1 unspecified atom stereocenters. The van der Waals surface area contributed by atoms with Gasteiger partial charge in [0.05, 0.1) is 0 Å². The molecule has 0 aromatic heterocycles. The van der Waals surface area contributed by atoms with Gasteiger partial charge in [0.15, 0.2) is 5.96 Å². The third kappa shape index (κ3) is 7.96. The largest absolute Gasteiger partial charge is 0.385 e. The summed E-state index contributed by atoms with van der Waals surface area (Å²) in [6.45, 7) is 4.75. The van der Waals surface area contributed by atoms with E-state index in [0.29, 0.717) is 6.04 Å². The standard InChI is InChI=1S/C16H35N5O/c1-17-16(18-9-11-21(4)10-6-12-22-5)19-13-15(20(2)3)14-7-8-14/h14-15H,6-13H2,1-5H3,(H2,17,18,19). The molecule has 1 atom stereocenters. The molecule has 0 aromatic rings. The zero-order valence-corrected chi connectivity index (χ0v) is 15.1. The van der Waals surface area contributed by atoms with E-state index in [2.05, 4.69) is 46.6 Å². The fourth-order valence-corrected chi connectivity index (χ4v) is 2.63. The maximum atomic E-state index is 5.07. The molecule has 0 heterocycles. The second kappa shape index (κ2) is 10.8. The molecule has 1 aliphatic rings. The predicted octanol–water partition coefficient (Wildman–Crippen LogP) is 0.460. The Morgan fingerprint density at radius 2 is 1.95 bits per heavy atom. The zero-order chi connectivity index (χ0) is 16.4. The van der Waals surface area contributed by atoms with Crippen LogP contribution >= 0.6 is 0 Å². The molecule has 0 aromatic carbocycles. The summed E-state index contributed by atoms with van der Waals surface area (Å²) in [5, 5.41) is 6.85. The highest BCUT2D eigenvalue weighted by Crippen LogP contribution is 2.34. The van der Waals surface area contributed by atoms with Crippen molar-refractivity contribution in [1.82, 2.24) is 20.4 Å². The van der Waals surface area contributed by atoms with Crippen molar-refractivity contribution in [1.29, 1.82) is 0 Å². The lowest BCUT2D eigenvalue weighted by Gasteiger charge is -2.25. The van der Waals surface area contributed by atoms with Gasteiger partial charge in [0, 0.05) is 53.0 Å². The average molecular weight is 313 g/mol. The Morgan fingerprint density at radius 1 is 1.23 bits per heavy atom. The van der Waals surface area contributed by atoms with E-state index in [1.807, 2.05) is 7.05 Å². The highest BCUT2D eigenvalue weighted by Gasteiger charge is 2.32. The molecule has 0 bridgehead atoms. The molecule has 1 fully saturated rings. The van der Waals surface area contributed by atoms with E-state index < -0.39 is 0 Å². The topological polar surface area (TPSA) is 52.1 Å². The molecule has 1 saturated carbocycles. The Hall–Kier alpha value is -0.850. The van der Waals surface area contributed by atoms with Crippen molar-refractivity contribution in [3.05, 3.63) is 0 Å². The Kier molecular flexibility index (Phi) is 9.43.